The Morgan fingerprint density at radius 3 is 2.50 bits per heavy atom. The van der Waals surface area contributed by atoms with Crippen LogP contribution in [0.1, 0.15) is 16.1 Å². The number of ether oxygens (including phenoxy) is 1. The van der Waals surface area contributed by atoms with Gasteiger partial charge in [-0.3, -0.25) is 4.79 Å². The lowest BCUT2D eigenvalue weighted by molar-refractivity contribution is -0.119. The number of nitrogens with zero attached hydrogens (tertiary/aromatic N) is 1. The molecule has 0 spiro atoms. The van der Waals surface area contributed by atoms with Crippen molar-refractivity contribution in [2.75, 3.05) is 11.9 Å². The Kier molecular flexibility index (Phi) is 5.07. The van der Waals surface area contributed by atoms with Gasteiger partial charge < -0.3 is 14.6 Å². The summed E-state index contributed by atoms with van der Waals surface area (Å²) < 4.78 is 23.0. The first-order valence-corrected chi connectivity index (χ1v) is 7.79. The highest BCUT2D eigenvalue weighted by Gasteiger charge is 2.23. The molecule has 132 valence electrons. The number of carbonyl (C=O) groups is 2. The van der Waals surface area contributed by atoms with Gasteiger partial charge in [0.2, 0.25) is 0 Å². The molecule has 1 N–H and O–H groups in total. The zero-order valence-electron chi connectivity index (χ0n) is 13.9. The maximum atomic E-state index is 12.9. The highest BCUT2D eigenvalue weighted by Crippen LogP contribution is 2.25. The van der Waals surface area contributed by atoms with E-state index in [9.17, 15) is 14.0 Å². The molecule has 0 fully saturated rings. The quantitative estimate of drug-likeness (QED) is 0.708. The molecule has 2 aromatic carbocycles. The number of hydrogen-bond acceptors (Lipinski definition) is 5. The van der Waals surface area contributed by atoms with Crippen LogP contribution in [-0.2, 0) is 9.53 Å². The molecule has 0 aliphatic heterocycles. The largest absolute Gasteiger partial charge is 0.452 e. The van der Waals surface area contributed by atoms with E-state index >= 15 is 0 Å². The van der Waals surface area contributed by atoms with E-state index in [-0.39, 0.29) is 5.56 Å². The number of aromatic nitrogens is 1. The van der Waals surface area contributed by atoms with Gasteiger partial charge in [-0.25, -0.2) is 9.18 Å². The van der Waals surface area contributed by atoms with Crippen molar-refractivity contribution in [3.05, 3.63) is 71.7 Å². The van der Waals surface area contributed by atoms with Gasteiger partial charge in [0.05, 0.1) is 0 Å². The summed E-state index contributed by atoms with van der Waals surface area (Å²) >= 11 is 0. The zero-order valence-corrected chi connectivity index (χ0v) is 13.9. The molecule has 0 aliphatic rings. The Morgan fingerprint density at radius 1 is 1.12 bits per heavy atom. The predicted molar refractivity (Wildman–Crippen MR) is 92.0 cm³/mol. The highest BCUT2D eigenvalue weighted by molar-refractivity contribution is 5.99. The molecular weight excluding hydrogens is 339 g/mol. The second-order valence-corrected chi connectivity index (χ2v) is 5.46. The van der Waals surface area contributed by atoms with E-state index in [0.717, 1.165) is 0 Å². The number of esters is 1. The van der Waals surface area contributed by atoms with Crippen molar-refractivity contribution < 1.29 is 23.2 Å². The molecule has 0 unspecified atom stereocenters. The summed E-state index contributed by atoms with van der Waals surface area (Å²) in [5.41, 5.74) is 1.63. The Bertz CT molecular complexity index is 920. The monoisotopic (exact) mass is 354 g/mol. The minimum atomic E-state index is -0.711. The van der Waals surface area contributed by atoms with Crippen molar-refractivity contribution in [2.24, 2.45) is 0 Å². The van der Waals surface area contributed by atoms with Crippen LogP contribution in [0, 0.1) is 12.7 Å². The van der Waals surface area contributed by atoms with Gasteiger partial charge in [-0.2, -0.15) is 0 Å². The van der Waals surface area contributed by atoms with E-state index in [2.05, 4.69) is 10.5 Å². The second-order valence-electron chi connectivity index (χ2n) is 5.46. The number of benzene rings is 2. The lowest BCUT2D eigenvalue weighted by Gasteiger charge is -2.07. The number of amides is 1. The van der Waals surface area contributed by atoms with Crippen LogP contribution < -0.4 is 5.32 Å². The molecule has 0 radical (unpaired) electrons. The lowest BCUT2D eigenvalue weighted by Crippen LogP contribution is -2.21. The van der Waals surface area contributed by atoms with Gasteiger partial charge in [0.15, 0.2) is 6.61 Å². The molecular formula is C19H15FN2O4. The standard InChI is InChI=1S/C19H15FN2O4/c1-12-17(18(22-26-12)13-5-3-2-4-6-13)19(24)25-11-16(23)21-15-9-7-14(20)8-10-15/h2-10H,11H2,1H3,(H,21,23). The molecule has 0 saturated carbocycles. The zero-order chi connectivity index (χ0) is 18.5. The predicted octanol–water partition coefficient (Wildman–Crippen LogP) is 3.58. The second kappa shape index (κ2) is 7.60. The van der Waals surface area contributed by atoms with Crippen LogP contribution in [0.25, 0.3) is 11.3 Å². The SMILES string of the molecule is Cc1onc(-c2ccccc2)c1C(=O)OCC(=O)Nc1ccc(F)cc1. The average molecular weight is 354 g/mol. The van der Waals surface area contributed by atoms with Gasteiger partial charge in [-0.05, 0) is 31.2 Å². The van der Waals surface area contributed by atoms with Crippen molar-refractivity contribution in [3.8, 4) is 11.3 Å². The summed E-state index contributed by atoms with van der Waals surface area (Å²) in [6.45, 7) is 1.10. The molecule has 3 rings (SSSR count). The molecule has 1 amide bonds. The third kappa shape index (κ3) is 3.94. The van der Waals surface area contributed by atoms with E-state index < -0.39 is 24.3 Å². The summed E-state index contributed by atoms with van der Waals surface area (Å²) in [7, 11) is 0. The molecule has 1 aromatic heterocycles. The number of carbonyl (C=O) groups excluding carboxylic acids is 2. The van der Waals surface area contributed by atoms with Crippen molar-refractivity contribution in [1.82, 2.24) is 5.16 Å². The Morgan fingerprint density at radius 2 is 1.81 bits per heavy atom. The minimum Gasteiger partial charge on any atom is -0.452 e. The van der Waals surface area contributed by atoms with Gasteiger partial charge in [-0.1, -0.05) is 35.5 Å². The molecule has 0 aliphatic carbocycles. The molecule has 0 bridgehead atoms. The maximum absolute atomic E-state index is 12.9. The molecule has 26 heavy (non-hydrogen) atoms. The normalized spacial score (nSPS) is 10.4. The highest BCUT2D eigenvalue weighted by atomic mass is 19.1. The third-order valence-electron chi connectivity index (χ3n) is 3.58. The van der Waals surface area contributed by atoms with Gasteiger partial charge in [-0.15, -0.1) is 0 Å². The summed E-state index contributed by atoms with van der Waals surface area (Å²) in [4.78, 5) is 24.3. The van der Waals surface area contributed by atoms with Crippen molar-refractivity contribution in [3.63, 3.8) is 0 Å². The van der Waals surface area contributed by atoms with Crippen LogP contribution in [0.5, 0.6) is 0 Å². The maximum Gasteiger partial charge on any atom is 0.344 e. The summed E-state index contributed by atoms with van der Waals surface area (Å²) in [5, 5.41) is 6.41. The Hall–Kier alpha value is -3.48. The average Bonchev–Trinajstić information content (AvgIpc) is 3.04. The first kappa shape index (κ1) is 17.3. The van der Waals surface area contributed by atoms with Crippen LogP contribution in [0.2, 0.25) is 0 Å². The van der Waals surface area contributed by atoms with Crippen LogP contribution >= 0.6 is 0 Å². The third-order valence-corrected chi connectivity index (χ3v) is 3.58. The molecule has 7 heteroatoms. The fourth-order valence-electron chi connectivity index (χ4n) is 2.34. The molecule has 3 aromatic rings. The Balaban J connectivity index is 1.66. The van der Waals surface area contributed by atoms with Gasteiger partial charge in [0, 0.05) is 11.3 Å². The van der Waals surface area contributed by atoms with Crippen molar-refractivity contribution in [1.29, 1.82) is 0 Å². The number of anilines is 1. The van der Waals surface area contributed by atoms with Gasteiger partial charge >= 0.3 is 5.97 Å². The van der Waals surface area contributed by atoms with Crippen LogP contribution in [0.4, 0.5) is 10.1 Å². The summed E-state index contributed by atoms with van der Waals surface area (Å²) in [6.07, 6.45) is 0. The summed E-state index contributed by atoms with van der Waals surface area (Å²) in [6, 6.07) is 14.3. The van der Waals surface area contributed by atoms with Gasteiger partial charge in [0.1, 0.15) is 22.8 Å². The fourth-order valence-corrected chi connectivity index (χ4v) is 2.34. The topological polar surface area (TPSA) is 81.4 Å². The van der Waals surface area contributed by atoms with E-state index in [4.69, 9.17) is 9.26 Å². The fraction of sp³-hybridized carbons (Fsp3) is 0.105. The van der Waals surface area contributed by atoms with E-state index in [1.54, 1.807) is 19.1 Å². The van der Waals surface area contributed by atoms with E-state index in [1.165, 1.54) is 24.3 Å². The number of rotatable bonds is 5. The lowest BCUT2D eigenvalue weighted by atomic mass is 10.1. The van der Waals surface area contributed by atoms with Crippen molar-refractivity contribution in [2.45, 2.75) is 6.92 Å². The molecule has 0 atom stereocenters. The van der Waals surface area contributed by atoms with E-state index in [1.807, 2.05) is 18.2 Å². The first-order valence-electron chi connectivity index (χ1n) is 7.79. The molecule has 1 heterocycles. The summed E-state index contributed by atoms with van der Waals surface area (Å²) in [5.74, 6) is -1.37. The Labute approximate surface area is 148 Å². The van der Waals surface area contributed by atoms with Gasteiger partial charge in [0.25, 0.3) is 5.91 Å². The number of halogens is 1. The number of aryl methyl sites for hydroxylation is 1. The van der Waals surface area contributed by atoms with Crippen molar-refractivity contribution >= 4 is 17.6 Å². The van der Waals surface area contributed by atoms with Crippen LogP contribution in [0.3, 0.4) is 0 Å². The molecule has 0 saturated heterocycles. The van der Waals surface area contributed by atoms with Crippen LogP contribution in [0.15, 0.2) is 59.1 Å². The smallest absolute Gasteiger partial charge is 0.344 e. The number of nitrogens with one attached hydrogen (secondary N) is 1. The first-order chi connectivity index (χ1) is 12.5. The minimum absolute atomic E-state index is 0.172. The number of hydrogen-bond donors (Lipinski definition) is 1. The molecule has 6 nitrogen and oxygen atoms in total. The van der Waals surface area contributed by atoms with Crippen LogP contribution in [-0.4, -0.2) is 23.6 Å². The van der Waals surface area contributed by atoms with E-state index in [0.29, 0.717) is 22.7 Å².